The summed E-state index contributed by atoms with van der Waals surface area (Å²) in [5.74, 6) is -2.09. The third-order valence-corrected chi connectivity index (χ3v) is 8.23. The van der Waals surface area contributed by atoms with E-state index in [1.54, 1.807) is 19.1 Å². The number of halogens is 2. The van der Waals surface area contributed by atoms with Gasteiger partial charge in [-0.25, -0.2) is 17.2 Å². The number of aryl methyl sites for hydroxylation is 1. The molecule has 0 unspecified atom stereocenters. The Hall–Kier alpha value is -3.79. The number of amides is 2. The fourth-order valence-electron chi connectivity index (χ4n) is 3.81. The minimum Gasteiger partial charge on any atom is -0.352 e. The highest BCUT2D eigenvalue weighted by Crippen LogP contribution is 2.25. The maximum atomic E-state index is 13.8. The summed E-state index contributed by atoms with van der Waals surface area (Å²) in [5, 5.41) is 2.85. The Bertz CT molecular complexity index is 1380. The van der Waals surface area contributed by atoms with Gasteiger partial charge in [-0.1, -0.05) is 36.8 Å². The van der Waals surface area contributed by atoms with Gasteiger partial charge in [0.2, 0.25) is 11.8 Å². The molecule has 10 heteroatoms. The fourth-order valence-corrected chi connectivity index (χ4v) is 5.22. The molecule has 208 valence electrons. The Kier molecular flexibility index (Phi) is 9.80. The van der Waals surface area contributed by atoms with Gasteiger partial charge in [0.1, 0.15) is 24.2 Å². The van der Waals surface area contributed by atoms with Crippen LogP contribution in [0.25, 0.3) is 0 Å². The monoisotopic (exact) mass is 557 g/mol. The van der Waals surface area contributed by atoms with Crippen molar-refractivity contribution in [2.75, 3.05) is 10.8 Å². The minimum absolute atomic E-state index is 0.0436. The van der Waals surface area contributed by atoms with Crippen LogP contribution in [-0.2, 0) is 26.2 Å². The Morgan fingerprint density at radius 2 is 1.41 bits per heavy atom. The minimum atomic E-state index is -4.25. The van der Waals surface area contributed by atoms with Crippen molar-refractivity contribution < 1.29 is 26.8 Å². The van der Waals surface area contributed by atoms with Gasteiger partial charge in [0.15, 0.2) is 0 Å². The van der Waals surface area contributed by atoms with Gasteiger partial charge in [-0.2, -0.15) is 0 Å². The van der Waals surface area contributed by atoms with Crippen LogP contribution in [0.15, 0.2) is 77.7 Å². The lowest BCUT2D eigenvalue weighted by molar-refractivity contribution is -0.139. The molecule has 7 nitrogen and oxygen atoms in total. The standard InChI is InChI=1S/C29H33F2N3O4S/c1-5-21(3)32-29(36)22(4)33(18-23-8-10-24(30)11-9-23)28(35)19-34(26-14-12-25(31)13-15-26)39(37,38)27-16-6-20(2)7-17-27/h6-17,21-22H,5,18-19H2,1-4H3,(H,32,36)/t21-,22+/m0/s1. The second kappa shape index (κ2) is 12.8. The molecule has 0 heterocycles. The molecular weight excluding hydrogens is 524 g/mol. The molecule has 0 aromatic heterocycles. The third-order valence-electron chi connectivity index (χ3n) is 6.44. The Morgan fingerprint density at radius 1 is 0.872 bits per heavy atom. The summed E-state index contributed by atoms with van der Waals surface area (Å²) in [6.07, 6.45) is 0.678. The van der Waals surface area contributed by atoms with Gasteiger partial charge in [-0.05, 0) is 81.3 Å². The quantitative estimate of drug-likeness (QED) is 0.367. The summed E-state index contributed by atoms with van der Waals surface area (Å²) in [5.41, 5.74) is 1.50. The normalized spacial score (nSPS) is 12.9. The van der Waals surface area contributed by atoms with E-state index in [1.807, 2.05) is 20.8 Å². The van der Waals surface area contributed by atoms with Crippen LogP contribution < -0.4 is 9.62 Å². The van der Waals surface area contributed by atoms with Gasteiger partial charge in [0, 0.05) is 12.6 Å². The average molecular weight is 558 g/mol. The van der Waals surface area contributed by atoms with Crippen LogP contribution in [0.4, 0.5) is 14.5 Å². The Labute approximate surface area is 228 Å². The highest BCUT2D eigenvalue weighted by molar-refractivity contribution is 7.92. The number of carbonyl (C=O) groups is 2. The number of nitrogens with one attached hydrogen (secondary N) is 1. The zero-order valence-corrected chi connectivity index (χ0v) is 23.2. The lowest BCUT2D eigenvalue weighted by Gasteiger charge is -2.32. The van der Waals surface area contributed by atoms with E-state index < -0.39 is 46.1 Å². The van der Waals surface area contributed by atoms with Gasteiger partial charge >= 0.3 is 0 Å². The molecule has 0 aliphatic heterocycles. The predicted molar refractivity (Wildman–Crippen MR) is 146 cm³/mol. The molecule has 2 amide bonds. The maximum Gasteiger partial charge on any atom is 0.264 e. The number of hydrogen-bond acceptors (Lipinski definition) is 4. The van der Waals surface area contributed by atoms with Gasteiger partial charge in [0.05, 0.1) is 10.6 Å². The summed E-state index contributed by atoms with van der Waals surface area (Å²) in [6.45, 7) is 6.40. The lowest BCUT2D eigenvalue weighted by atomic mass is 10.1. The summed E-state index contributed by atoms with van der Waals surface area (Å²) < 4.78 is 55.5. The van der Waals surface area contributed by atoms with Crippen molar-refractivity contribution in [3.8, 4) is 0 Å². The second-order valence-electron chi connectivity index (χ2n) is 9.44. The van der Waals surface area contributed by atoms with Crippen molar-refractivity contribution in [3.05, 3.63) is 95.6 Å². The summed E-state index contributed by atoms with van der Waals surface area (Å²) in [4.78, 5) is 28.0. The third kappa shape index (κ3) is 7.63. The van der Waals surface area contributed by atoms with E-state index in [9.17, 15) is 26.8 Å². The SMILES string of the molecule is CC[C@H](C)NC(=O)[C@@H](C)N(Cc1ccc(F)cc1)C(=O)CN(c1ccc(F)cc1)S(=O)(=O)c1ccc(C)cc1. The number of sulfonamides is 1. The molecule has 2 atom stereocenters. The molecule has 0 fully saturated rings. The first kappa shape index (κ1) is 29.8. The molecule has 0 radical (unpaired) electrons. The first-order chi connectivity index (χ1) is 18.4. The topological polar surface area (TPSA) is 86.8 Å². The van der Waals surface area contributed by atoms with Crippen LogP contribution in [0.1, 0.15) is 38.3 Å². The fraction of sp³-hybridized carbons (Fsp3) is 0.310. The van der Waals surface area contributed by atoms with Crippen molar-refractivity contribution in [2.45, 2.75) is 57.6 Å². The van der Waals surface area contributed by atoms with Gasteiger partial charge in [-0.15, -0.1) is 0 Å². The van der Waals surface area contributed by atoms with Crippen LogP contribution in [0, 0.1) is 18.6 Å². The lowest BCUT2D eigenvalue weighted by Crippen LogP contribution is -2.52. The molecule has 39 heavy (non-hydrogen) atoms. The van der Waals surface area contributed by atoms with Crippen molar-refractivity contribution in [1.29, 1.82) is 0 Å². The zero-order valence-electron chi connectivity index (χ0n) is 22.4. The van der Waals surface area contributed by atoms with E-state index in [0.717, 1.165) is 22.0 Å². The van der Waals surface area contributed by atoms with Crippen molar-refractivity contribution in [3.63, 3.8) is 0 Å². The summed E-state index contributed by atoms with van der Waals surface area (Å²) >= 11 is 0. The Morgan fingerprint density at radius 3 is 1.95 bits per heavy atom. The van der Waals surface area contributed by atoms with Crippen LogP contribution in [0.5, 0.6) is 0 Å². The van der Waals surface area contributed by atoms with Gasteiger partial charge in [0.25, 0.3) is 10.0 Å². The van der Waals surface area contributed by atoms with Crippen LogP contribution in [-0.4, -0.2) is 43.8 Å². The molecule has 3 aromatic rings. The van der Waals surface area contributed by atoms with E-state index in [4.69, 9.17) is 0 Å². The smallest absolute Gasteiger partial charge is 0.264 e. The molecular formula is C29H33F2N3O4S. The molecule has 0 bridgehead atoms. The highest BCUT2D eigenvalue weighted by Gasteiger charge is 2.32. The van der Waals surface area contributed by atoms with Crippen LogP contribution in [0.3, 0.4) is 0 Å². The number of rotatable bonds is 11. The molecule has 0 aliphatic rings. The van der Waals surface area contributed by atoms with Crippen LogP contribution in [0.2, 0.25) is 0 Å². The van der Waals surface area contributed by atoms with Gasteiger partial charge in [-0.3, -0.25) is 13.9 Å². The molecule has 0 aliphatic carbocycles. The first-order valence-electron chi connectivity index (χ1n) is 12.6. The van der Waals surface area contributed by atoms with E-state index in [-0.39, 0.29) is 23.2 Å². The van der Waals surface area contributed by atoms with Crippen molar-refractivity contribution >= 4 is 27.5 Å². The number of hydrogen-bond donors (Lipinski definition) is 1. The number of nitrogens with zero attached hydrogens (tertiary/aromatic N) is 2. The number of carbonyl (C=O) groups excluding carboxylic acids is 2. The molecule has 1 N–H and O–H groups in total. The number of benzene rings is 3. The first-order valence-corrected chi connectivity index (χ1v) is 14.1. The predicted octanol–water partition coefficient (Wildman–Crippen LogP) is 4.80. The van der Waals surface area contributed by atoms with E-state index in [2.05, 4.69) is 5.32 Å². The molecule has 0 saturated heterocycles. The van der Waals surface area contributed by atoms with Crippen LogP contribution >= 0.6 is 0 Å². The second-order valence-corrected chi connectivity index (χ2v) is 11.3. The van der Waals surface area contributed by atoms with E-state index >= 15 is 0 Å². The highest BCUT2D eigenvalue weighted by atomic mass is 32.2. The Balaban J connectivity index is 2.01. The van der Waals surface area contributed by atoms with Crippen molar-refractivity contribution in [2.24, 2.45) is 0 Å². The molecule has 0 saturated carbocycles. The molecule has 0 spiro atoms. The zero-order chi connectivity index (χ0) is 28.7. The van der Waals surface area contributed by atoms with E-state index in [1.165, 1.54) is 53.4 Å². The molecule has 3 rings (SSSR count). The maximum absolute atomic E-state index is 13.8. The largest absolute Gasteiger partial charge is 0.352 e. The average Bonchev–Trinajstić information content (AvgIpc) is 2.91. The summed E-state index contributed by atoms with van der Waals surface area (Å²) in [7, 11) is -4.25. The van der Waals surface area contributed by atoms with Gasteiger partial charge < -0.3 is 10.2 Å². The van der Waals surface area contributed by atoms with E-state index in [0.29, 0.717) is 12.0 Å². The summed E-state index contributed by atoms with van der Waals surface area (Å²) in [6, 6.07) is 15.3. The number of anilines is 1. The van der Waals surface area contributed by atoms with Crippen molar-refractivity contribution in [1.82, 2.24) is 10.2 Å². The molecule has 3 aromatic carbocycles.